The van der Waals surface area contributed by atoms with Crippen LogP contribution >= 0.6 is 11.3 Å². The minimum atomic E-state index is 0.178. The summed E-state index contributed by atoms with van der Waals surface area (Å²) in [5.74, 6) is 0. The van der Waals surface area contributed by atoms with Crippen molar-refractivity contribution in [3.8, 4) is 0 Å². The van der Waals surface area contributed by atoms with Crippen molar-refractivity contribution in [3.63, 3.8) is 0 Å². The van der Waals surface area contributed by atoms with Gasteiger partial charge in [0.15, 0.2) is 0 Å². The standard InChI is InChI=1S/C16H23N3S/c1-10-5-13-14(17)6-16(3,4)7-15(13)19(10)9-12-8-18-11(2)20-12/h5,8,14H,6-7,9,17H2,1-4H3. The molecule has 1 aliphatic carbocycles. The van der Waals surface area contributed by atoms with Crippen molar-refractivity contribution in [2.45, 2.75) is 53.1 Å². The van der Waals surface area contributed by atoms with E-state index in [1.807, 2.05) is 6.20 Å². The zero-order valence-corrected chi connectivity index (χ0v) is 13.5. The molecule has 0 amide bonds. The fraction of sp³-hybridized carbons (Fsp3) is 0.562. The number of aryl methyl sites for hydroxylation is 2. The van der Waals surface area contributed by atoms with Crippen LogP contribution in [0.4, 0.5) is 0 Å². The van der Waals surface area contributed by atoms with E-state index in [0.29, 0.717) is 5.41 Å². The van der Waals surface area contributed by atoms with E-state index in [9.17, 15) is 0 Å². The molecule has 2 aromatic rings. The van der Waals surface area contributed by atoms with Crippen molar-refractivity contribution in [2.24, 2.45) is 11.1 Å². The maximum atomic E-state index is 6.38. The van der Waals surface area contributed by atoms with E-state index in [0.717, 1.165) is 24.4 Å². The Bertz CT molecular complexity index is 636. The number of hydrogen-bond acceptors (Lipinski definition) is 3. The van der Waals surface area contributed by atoms with Crippen LogP contribution in [-0.2, 0) is 13.0 Å². The molecule has 1 atom stereocenters. The molecule has 0 saturated carbocycles. The largest absolute Gasteiger partial charge is 0.343 e. The smallest absolute Gasteiger partial charge is 0.0897 e. The fourth-order valence-corrected chi connectivity index (χ4v) is 4.14. The topological polar surface area (TPSA) is 43.8 Å². The molecule has 2 aromatic heterocycles. The van der Waals surface area contributed by atoms with Crippen LogP contribution < -0.4 is 5.73 Å². The first-order valence-electron chi connectivity index (χ1n) is 7.21. The van der Waals surface area contributed by atoms with Crippen molar-refractivity contribution in [1.29, 1.82) is 0 Å². The van der Waals surface area contributed by atoms with Gasteiger partial charge in [-0.3, -0.25) is 0 Å². The summed E-state index contributed by atoms with van der Waals surface area (Å²) in [6.07, 6.45) is 4.19. The Balaban J connectivity index is 2.00. The van der Waals surface area contributed by atoms with Gasteiger partial charge in [-0.15, -0.1) is 11.3 Å². The van der Waals surface area contributed by atoms with Gasteiger partial charge in [-0.05, 0) is 43.7 Å². The average molecular weight is 289 g/mol. The third-order valence-electron chi connectivity index (χ3n) is 4.25. The molecule has 0 aliphatic heterocycles. The molecule has 0 spiro atoms. The third-order valence-corrected chi connectivity index (χ3v) is 5.15. The second kappa shape index (κ2) is 4.71. The fourth-order valence-electron chi connectivity index (χ4n) is 3.36. The van der Waals surface area contributed by atoms with Gasteiger partial charge in [0.2, 0.25) is 0 Å². The van der Waals surface area contributed by atoms with E-state index in [2.05, 4.69) is 43.3 Å². The molecule has 1 aliphatic rings. The van der Waals surface area contributed by atoms with Crippen LogP contribution in [0.5, 0.6) is 0 Å². The lowest BCUT2D eigenvalue weighted by Crippen LogP contribution is -2.30. The maximum absolute atomic E-state index is 6.38. The average Bonchev–Trinajstić information content (AvgIpc) is 2.86. The predicted molar refractivity (Wildman–Crippen MR) is 84.2 cm³/mol. The van der Waals surface area contributed by atoms with Crippen molar-refractivity contribution in [3.05, 3.63) is 39.1 Å². The van der Waals surface area contributed by atoms with E-state index in [4.69, 9.17) is 5.73 Å². The van der Waals surface area contributed by atoms with Gasteiger partial charge in [0.1, 0.15) is 0 Å². The highest BCUT2D eigenvalue weighted by molar-refractivity contribution is 7.11. The monoisotopic (exact) mass is 289 g/mol. The molecular formula is C16H23N3S. The summed E-state index contributed by atoms with van der Waals surface area (Å²) in [6.45, 7) is 9.81. The molecule has 3 nitrogen and oxygen atoms in total. The highest BCUT2D eigenvalue weighted by atomic mass is 32.1. The van der Waals surface area contributed by atoms with Gasteiger partial charge in [-0.2, -0.15) is 0 Å². The van der Waals surface area contributed by atoms with Crippen LogP contribution in [0.2, 0.25) is 0 Å². The van der Waals surface area contributed by atoms with E-state index in [-0.39, 0.29) is 6.04 Å². The van der Waals surface area contributed by atoms with E-state index < -0.39 is 0 Å². The minimum absolute atomic E-state index is 0.178. The van der Waals surface area contributed by atoms with Gasteiger partial charge in [-0.1, -0.05) is 13.8 Å². The van der Waals surface area contributed by atoms with Crippen molar-refractivity contribution < 1.29 is 0 Å². The second-order valence-electron chi connectivity index (χ2n) is 6.77. The predicted octanol–water partition coefficient (Wildman–Crippen LogP) is 3.58. The Morgan fingerprint density at radius 1 is 1.45 bits per heavy atom. The second-order valence-corrected chi connectivity index (χ2v) is 8.09. The van der Waals surface area contributed by atoms with Gasteiger partial charge in [0.05, 0.1) is 11.6 Å². The van der Waals surface area contributed by atoms with E-state index in [1.165, 1.54) is 21.8 Å². The van der Waals surface area contributed by atoms with E-state index in [1.54, 1.807) is 11.3 Å². The number of nitrogens with zero attached hydrogens (tertiary/aromatic N) is 2. The van der Waals surface area contributed by atoms with Crippen LogP contribution in [0.3, 0.4) is 0 Å². The lowest BCUT2D eigenvalue weighted by Gasteiger charge is -2.34. The summed E-state index contributed by atoms with van der Waals surface area (Å²) in [5, 5.41) is 1.13. The summed E-state index contributed by atoms with van der Waals surface area (Å²) < 4.78 is 2.43. The zero-order valence-electron chi connectivity index (χ0n) is 12.7. The van der Waals surface area contributed by atoms with Gasteiger partial charge < -0.3 is 10.3 Å². The highest BCUT2D eigenvalue weighted by Gasteiger charge is 2.33. The van der Waals surface area contributed by atoms with Crippen LogP contribution in [-0.4, -0.2) is 9.55 Å². The first-order valence-corrected chi connectivity index (χ1v) is 8.03. The number of nitrogens with two attached hydrogens (primary N) is 1. The van der Waals surface area contributed by atoms with Gasteiger partial charge in [0.25, 0.3) is 0 Å². The van der Waals surface area contributed by atoms with Gasteiger partial charge >= 0.3 is 0 Å². The number of aromatic nitrogens is 2. The molecule has 2 heterocycles. The first kappa shape index (κ1) is 13.8. The third kappa shape index (κ3) is 2.42. The van der Waals surface area contributed by atoms with Crippen LogP contribution in [0.25, 0.3) is 0 Å². The number of thiazole rings is 1. The Morgan fingerprint density at radius 3 is 2.85 bits per heavy atom. The molecule has 3 rings (SSSR count). The van der Waals surface area contributed by atoms with Gasteiger partial charge in [-0.25, -0.2) is 4.98 Å². The van der Waals surface area contributed by atoms with Crippen molar-refractivity contribution in [2.75, 3.05) is 0 Å². The van der Waals surface area contributed by atoms with Crippen LogP contribution in [0.15, 0.2) is 12.3 Å². The Hall–Kier alpha value is -1.13. The lowest BCUT2D eigenvalue weighted by atomic mass is 9.74. The number of hydrogen-bond donors (Lipinski definition) is 1. The van der Waals surface area contributed by atoms with E-state index >= 15 is 0 Å². The molecule has 0 fully saturated rings. The minimum Gasteiger partial charge on any atom is -0.343 e. The summed E-state index contributed by atoms with van der Waals surface area (Å²) >= 11 is 1.78. The Labute approximate surface area is 124 Å². The molecule has 0 bridgehead atoms. The maximum Gasteiger partial charge on any atom is 0.0897 e. The quantitative estimate of drug-likeness (QED) is 0.918. The summed E-state index contributed by atoms with van der Waals surface area (Å²) in [7, 11) is 0. The number of fused-ring (bicyclic) bond motifs is 1. The molecule has 0 saturated heterocycles. The normalized spacial score (nSPS) is 20.9. The van der Waals surface area contributed by atoms with Crippen LogP contribution in [0.1, 0.15) is 53.1 Å². The zero-order chi connectivity index (χ0) is 14.5. The SMILES string of the molecule is Cc1ncc(Cn2c(C)cc3c2CC(C)(C)CC3N)s1. The molecule has 0 aromatic carbocycles. The molecule has 0 radical (unpaired) electrons. The molecule has 108 valence electrons. The van der Waals surface area contributed by atoms with Crippen molar-refractivity contribution >= 4 is 11.3 Å². The molecule has 1 unspecified atom stereocenters. The molecule has 2 N–H and O–H groups in total. The first-order chi connectivity index (χ1) is 9.35. The summed E-state index contributed by atoms with van der Waals surface area (Å²) in [4.78, 5) is 5.68. The van der Waals surface area contributed by atoms with Crippen molar-refractivity contribution in [1.82, 2.24) is 9.55 Å². The Morgan fingerprint density at radius 2 is 2.20 bits per heavy atom. The lowest BCUT2D eigenvalue weighted by molar-refractivity contribution is 0.276. The number of rotatable bonds is 2. The summed E-state index contributed by atoms with van der Waals surface area (Å²) in [5.41, 5.74) is 10.8. The summed E-state index contributed by atoms with van der Waals surface area (Å²) in [6, 6.07) is 2.46. The Kier molecular flexibility index (Phi) is 3.26. The van der Waals surface area contributed by atoms with Gasteiger partial charge in [0, 0.05) is 28.5 Å². The molecule has 4 heteroatoms. The molecular weight excluding hydrogens is 266 g/mol. The van der Waals surface area contributed by atoms with Crippen LogP contribution in [0, 0.1) is 19.3 Å². The molecule has 20 heavy (non-hydrogen) atoms. The highest BCUT2D eigenvalue weighted by Crippen LogP contribution is 2.41.